The van der Waals surface area contributed by atoms with Crippen LogP contribution in [-0.2, 0) is 6.54 Å². The summed E-state index contributed by atoms with van der Waals surface area (Å²) in [7, 11) is 0. The Labute approximate surface area is 122 Å². The maximum absolute atomic E-state index is 9.02. The second-order valence-corrected chi connectivity index (χ2v) is 5.30. The molecule has 1 heterocycles. The van der Waals surface area contributed by atoms with E-state index in [1.807, 2.05) is 4.57 Å². The van der Waals surface area contributed by atoms with Crippen LogP contribution in [0.5, 0.6) is 0 Å². The highest BCUT2D eigenvalue weighted by molar-refractivity contribution is 6.42. The van der Waals surface area contributed by atoms with Gasteiger partial charge < -0.3 is 4.57 Å². The van der Waals surface area contributed by atoms with Crippen LogP contribution < -0.4 is 0 Å². The molecule has 3 nitrogen and oxygen atoms in total. The Morgan fingerprint density at radius 3 is 2.47 bits per heavy atom. The fourth-order valence-corrected chi connectivity index (χ4v) is 2.66. The molecule has 0 aliphatic heterocycles. The molecule has 0 aliphatic rings. The molecule has 100 valence electrons. The minimum atomic E-state index is 0.278. The normalized spacial score (nSPS) is 11.2. The molecule has 0 unspecified atom stereocenters. The number of nitriles is 1. The van der Waals surface area contributed by atoms with Gasteiger partial charge in [-0.3, -0.25) is 0 Å². The van der Waals surface area contributed by atoms with Crippen molar-refractivity contribution >= 4 is 34.2 Å². The van der Waals surface area contributed by atoms with Gasteiger partial charge in [0.15, 0.2) is 0 Å². The molecule has 2 aromatic rings. The van der Waals surface area contributed by atoms with E-state index in [4.69, 9.17) is 28.5 Å². The van der Waals surface area contributed by atoms with Gasteiger partial charge in [-0.05, 0) is 25.0 Å². The SMILES string of the molecule is CCC(CC)c1nc2cc(Cl)c(Cl)cc2n1CC#N. The molecule has 0 fully saturated rings. The fraction of sp³-hybridized carbons (Fsp3) is 0.429. The van der Waals surface area contributed by atoms with Gasteiger partial charge in [-0.15, -0.1) is 0 Å². The van der Waals surface area contributed by atoms with Gasteiger partial charge in [0, 0.05) is 5.92 Å². The first kappa shape index (κ1) is 14.2. The third kappa shape index (κ3) is 2.56. The summed E-state index contributed by atoms with van der Waals surface area (Å²) in [4.78, 5) is 4.64. The van der Waals surface area contributed by atoms with Crippen LogP contribution in [0.15, 0.2) is 12.1 Å². The summed E-state index contributed by atoms with van der Waals surface area (Å²) in [5.41, 5.74) is 1.67. The standard InChI is InChI=1S/C14H15Cl2N3/c1-3-9(4-2)14-18-12-7-10(15)11(16)8-13(12)19(14)6-5-17/h7-9H,3-4,6H2,1-2H3. The van der Waals surface area contributed by atoms with E-state index in [0.29, 0.717) is 16.0 Å². The third-order valence-corrected chi connectivity index (χ3v) is 4.12. The highest BCUT2D eigenvalue weighted by Gasteiger charge is 2.18. The first-order valence-corrected chi connectivity index (χ1v) is 7.10. The minimum absolute atomic E-state index is 0.278. The van der Waals surface area contributed by atoms with Crippen molar-refractivity contribution < 1.29 is 0 Å². The summed E-state index contributed by atoms with van der Waals surface area (Å²) >= 11 is 12.1. The number of aromatic nitrogens is 2. The zero-order valence-electron chi connectivity index (χ0n) is 11.0. The average Bonchev–Trinajstić information content (AvgIpc) is 2.71. The van der Waals surface area contributed by atoms with Gasteiger partial charge in [0.1, 0.15) is 12.4 Å². The Balaban J connectivity index is 2.70. The van der Waals surface area contributed by atoms with Crippen LogP contribution in [0, 0.1) is 11.3 Å². The molecule has 0 saturated heterocycles. The largest absolute Gasteiger partial charge is 0.314 e. The topological polar surface area (TPSA) is 41.6 Å². The van der Waals surface area contributed by atoms with Crippen molar-refractivity contribution in [2.45, 2.75) is 39.2 Å². The van der Waals surface area contributed by atoms with Crippen molar-refractivity contribution in [3.63, 3.8) is 0 Å². The molecule has 0 N–H and O–H groups in total. The number of hydrogen-bond donors (Lipinski definition) is 0. The fourth-order valence-electron chi connectivity index (χ4n) is 2.34. The van der Waals surface area contributed by atoms with E-state index in [1.54, 1.807) is 12.1 Å². The molecule has 5 heteroatoms. The van der Waals surface area contributed by atoms with Crippen LogP contribution in [0.4, 0.5) is 0 Å². The molecule has 1 aromatic heterocycles. The number of hydrogen-bond acceptors (Lipinski definition) is 2. The number of imidazole rings is 1. The molecular formula is C14H15Cl2N3. The molecule has 0 atom stereocenters. The van der Waals surface area contributed by atoms with Crippen molar-refractivity contribution in [1.82, 2.24) is 9.55 Å². The number of rotatable bonds is 4. The highest BCUT2D eigenvalue weighted by Crippen LogP contribution is 2.31. The van der Waals surface area contributed by atoms with Gasteiger partial charge in [0.05, 0.1) is 27.1 Å². The zero-order chi connectivity index (χ0) is 14.0. The van der Waals surface area contributed by atoms with E-state index in [-0.39, 0.29) is 6.54 Å². The first-order chi connectivity index (χ1) is 9.12. The van der Waals surface area contributed by atoms with Crippen LogP contribution in [-0.4, -0.2) is 9.55 Å². The lowest BCUT2D eigenvalue weighted by atomic mass is 10.0. The summed E-state index contributed by atoms with van der Waals surface area (Å²) < 4.78 is 1.94. The quantitative estimate of drug-likeness (QED) is 0.815. The summed E-state index contributed by atoms with van der Waals surface area (Å²) in [5, 5.41) is 10.00. The Hall–Kier alpha value is -1.24. The number of halogens is 2. The van der Waals surface area contributed by atoms with Gasteiger partial charge in [-0.1, -0.05) is 37.0 Å². The molecule has 2 rings (SSSR count). The van der Waals surface area contributed by atoms with Crippen molar-refractivity contribution in [1.29, 1.82) is 5.26 Å². The highest BCUT2D eigenvalue weighted by atomic mass is 35.5. The minimum Gasteiger partial charge on any atom is -0.314 e. The molecule has 19 heavy (non-hydrogen) atoms. The Bertz CT molecular complexity index is 636. The maximum atomic E-state index is 9.02. The maximum Gasteiger partial charge on any atom is 0.113 e. The monoisotopic (exact) mass is 295 g/mol. The average molecular weight is 296 g/mol. The Morgan fingerprint density at radius 2 is 1.89 bits per heavy atom. The smallest absolute Gasteiger partial charge is 0.113 e. The van der Waals surface area contributed by atoms with Crippen LogP contribution in [0.2, 0.25) is 10.0 Å². The van der Waals surface area contributed by atoms with E-state index in [2.05, 4.69) is 24.9 Å². The predicted molar refractivity (Wildman–Crippen MR) is 78.7 cm³/mol. The number of fused-ring (bicyclic) bond motifs is 1. The molecule has 0 aliphatic carbocycles. The summed E-state index contributed by atoms with van der Waals surface area (Å²) in [6.45, 7) is 4.54. The van der Waals surface area contributed by atoms with Gasteiger partial charge in [-0.2, -0.15) is 5.26 Å². The number of benzene rings is 1. The molecule has 0 bridgehead atoms. The van der Waals surface area contributed by atoms with Gasteiger partial charge in [0.25, 0.3) is 0 Å². The van der Waals surface area contributed by atoms with E-state index in [0.717, 1.165) is 29.7 Å². The van der Waals surface area contributed by atoms with Crippen LogP contribution in [0.25, 0.3) is 11.0 Å². The van der Waals surface area contributed by atoms with Crippen molar-refractivity contribution in [3.8, 4) is 6.07 Å². The lowest BCUT2D eigenvalue weighted by molar-refractivity contribution is 0.574. The lowest BCUT2D eigenvalue weighted by Crippen LogP contribution is -2.07. The first-order valence-electron chi connectivity index (χ1n) is 6.34. The van der Waals surface area contributed by atoms with E-state index < -0.39 is 0 Å². The molecule has 0 amide bonds. The molecule has 1 aromatic carbocycles. The molecular weight excluding hydrogens is 281 g/mol. The zero-order valence-corrected chi connectivity index (χ0v) is 12.5. The van der Waals surface area contributed by atoms with Crippen LogP contribution >= 0.6 is 23.2 Å². The van der Waals surface area contributed by atoms with Gasteiger partial charge >= 0.3 is 0 Å². The van der Waals surface area contributed by atoms with Crippen LogP contribution in [0.1, 0.15) is 38.4 Å². The second-order valence-electron chi connectivity index (χ2n) is 4.48. The Morgan fingerprint density at radius 1 is 1.26 bits per heavy atom. The van der Waals surface area contributed by atoms with E-state index in [9.17, 15) is 0 Å². The lowest BCUT2D eigenvalue weighted by Gasteiger charge is -2.13. The molecule has 0 radical (unpaired) electrons. The molecule has 0 spiro atoms. The summed E-state index contributed by atoms with van der Waals surface area (Å²) in [5.74, 6) is 1.29. The summed E-state index contributed by atoms with van der Waals surface area (Å²) in [6.07, 6.45) is 1.99. The van der Waals surface area contributed by atoms with Crippen molar-refractivity contribution in [3.05, 3.63) is 28.0 Å². The summed E-state index contributed by atoms with van der Waals surface area (Å²) in [6, 6.07) is 5.74. The number of nitrogens with zero attached hydrogens (tertiary/aromatic N) is 3. The van der Waals surface area contributed by atoms with Gasteiger partial charge in [0.2, 0.25) is 0 Å². The van der Waals surface area contributed by atoms with Gasteiger partial charge in [-0.25, -0.2) is 4.98 Å². The van der Waals surface area contributed by atoms with E-state index in [1.165, 1.54) is 0 Å². The Kier molecular flexibility index (Phi) is 4.34. The van der Waals surface area contributed by atoms with Crippen molar-refractivity contribution in [2.24, 2.45) is 0 Å². The van der Waals surface area contributed by atoms with E-state index >= 15 is 0 Å². The predicted octanol–water partition coefficient (Wildman–Crippen LogP) is 4.77. The third-order valence-electron chi connectivity index (χ3n) is 3.40. The van der Waals surface area contributed by atoms with Crippen LogP contribution in [0.3, 0.4) is 0 Å². The second kappa shape index (κ2) is 5.81. The van der Waals surface area contributed by atoms with Crippen molar-refractivity contribution in [2.75, 3.05) is 0 Å². The molecule has 0 saturated carbocycles.